The van der Waals surface area contributed by atoms with E-state index in [-0.39, 0.29) is 0 Å². The first-order valence-electron chi connectivity index (χ1n) is 9.72. The Morgan fingerprint density at radius 2 is 1.79 bits per heavy atom. The van der Waals surface area contributed by atoms with Gasteiger partial charge in [0.05, 0.1) is 11.9 Å². The van der Waals surface area contributed by atoms with E-state index in [0.29, 0.717) is 5.92 Å². The Bertz CT molecular complexity index is 714. The highest BCUT2D eigenvalue weighted by molar-refractivity contribution is 5.51. The molecule has 24 heavy (non-hydrogen) atoms. The Morgan fingerprint density at radius 1 is 0.917 bits per heavy atom. The van der Waals surface area contributed by atoms with Crippen LogP contribution in [-0.4, -0.2) is 51.7 Å². The SMILES string of the molecule is c1cc2nc(C3CCCN(C4CCC4)C3)nn2cc1N1CCCC1. The summed E-state index contributed by atoms with van der Waals surface area (Å²) in [6, 6.07) is 5.18. The molecule has 4 heterocycles. The third-order valence-corrected chi connectivity index (χ3v) is 6.21. The monoisotopic (exact) mass is 325 g/mol. The second kappa shape index (κ2) is 6.03. The van der Waals surface area contributed by atoms with Gasteiger partial charge in [-0.2, -0.15) is 5.10 Å². The number of piperidine rings is 1. The highest BCUT2D eigenvalue weighted by Gasteiger charge is 2.31. The number of rotatable bonds is 3. The van der Waals surface area contributed by atoms with Crippen molar-refractivity contribution in [3.63, 3.8) is 0 Å². The zero-order valence-electron chi connectivity index (χ0n) is 14.4. The minimum absolute atomic E-state index is 0.509. The second-order valence-corrected chi connectivity index (χ2v) is 7.77. The summed E-state index contributed by atoms with van der Waals surface area (Å²) in [5, 5.41) is 4.86. The maximum absolute atomic E-state index is 4.86. The van der Waals surface area contributed by atoms with Gasteiger partial charge in [0.2, 0.25) is 0 Å². The van der Waals surface area contributed by atoms with E-state index in [2.05, 4.69) is 28.1 Å². The van der Waals surface area contributed by atoms with Gasteiger partial charge in [-0.25, -0.2) is 9.50 Å². The molecule has 3 fully saturated rings. The van der Waals surface area contributed by atoms with Crippen molar-refractivity contribution in [2.24, 2.45) is 0 Å². The van der Waals surface area contributed by atoms with Gasteiger partial charge in [-0.3, -0.25) is 4.90 Å². The smallest absolute Gasteiger partial charge is 0.156 e. The van der Waals surface area contributed by atoms with Crippen LogP contribution in [0, 0.1) is 0 Å². The summed E-state index contributed by atoms with van der Waals surface area (Å²) >= 11 is 0. The van der Waals surface area contributed by atoms with Crippen molar-refractivity contribution in [1.29, 1.82) is 0 Å². The number of pyridine rings is 1. The van der Waals surface area contributed by atoms with Crippen molar-refractivity contribution in [3.8, 4) is 0 Å². The van der Waals surface area contributed by atoms with Gasteiger partial charge in [0.1, 0.15) is 0 Å². The first-order valence-corrected chi connectivity index (χ1v) is 9.72. The molecule has 2 aromatic heterocycles. The van der Waals surface area contributed by atoms with Crippen LogP contribution < -0.4 is 4.90 Å². The molecule has 5 nitrogen and oxygen atoms in total. The standard InChI is InChI=1S/C19H27N5/c1-2-11-22(10-1)17-8-9-18-20-19(21-24(18)14-17)15-5-4-12-23(13-15)16-6-3-7-16/h8-9,14-16H,1-7,10-13H2. The number of nitrogens with zero attached hydrogens (tertiary/aromatic N) is 5. The summed E-state index contributed by atoms with van der Waals surface area (Å²) in [6.07, 6.45) is 11.5. The molecule has 0 radical (unpaired) electrons. The molecule has 3 aliphatic rings. The molecule has 2 aliphatic heterocycles. The van der Waals surface area contributed by atoms with Crippen LogP contribution in [0.3, 0.4) is 0 Å². The molecular formula is C19H27N5. The van der Waals surface area contributed by atoms with Crippen molar-refractivity contribution in [2.75, 3.05) is 31.1 Å². The van der Waals surface area contributed by atoms with Crippen LogP contribution in [-0.2, 0) is 0 Å². The van der Waals surface area contributed by atoms with Gasteiger partial charge >= 0.3 is 0 Å². The second-order valence-electron chi connectivity index (χ2n) is 7.77. The highest BCUT2D eigenvalue weighted by atomic mass is 15.3. The van der Waals surface area contributed by atoms with Gasteiger partial charge in [-0.05, 0) is 57.2 Å². The summed E-state index contributed by atoms with van der Waals surface area (Å²) in [5.41, 5.74) is 2.28. The molecule has 5 heteroatoms. The van der Waals surface area contributed by atoms with Crippen LogP contribution in [0.5, 0.6) is 0 Å². The van der Waals surface area contributed by atoms with Crippen LogP contribution in [0.25, 0.3) is 5.65 Å². The molecule has 2 saturated heterocycles. The van der Waals surface area contributed by atoms with Crippen molar-refractivity contribution in [3.05, 3.63) is 24.2 Å². The van der Waals surface area contributed by atoms with Crippen molar-refractivity contribution in [1.82, 2.24) is 19.5 Å². The number of anilines is 1. The van der Waals surface area contributed by atoms with Gasteiger partial charge in [0, 0.05) is 31.6 Å². The molecule has 5 rings (SSSR count). The quantitative estimate of drug-likeness (QED) is 0.869. The van der Waals surface area contributed by atoms with Gasteiger partial charge < -0.3 is 4.90 Å². The van der Waals surface area contributed by atoms with Crippen molar-refractivity contribution >= 4 is 11.3 Å². The molecule has 128 valence electrons. The lowest BCUT2D eigenvalue weighted by Crippen LogP contribution is -2.45. The molecule has 1 aliphatic carbocycles. The molecule has 0 N–H and O–H groups in total. The fraction of sp³-hybridized carbons (Fsp3) is 0.684. The first-order chi connectivity index (χ1) is 11.9. The van der Waals surface area contributed by atoms with E-state index in [1.54, 1.807) is 0 Å². The Morgan fingerprint density at radius 3 is 2.58 bits per heavy atom. The number of aromatic nitrogens is 3. The van der Waals surface area contributed by atoms with Crippen LogP contribution >= 0.6 is 0 Å². The molecule has 0 bridgehead atoms. The zero-order valence-corrected chi connectivity index (χ0v) is 14.4. The number of likely N-dealkylation sites (tertiary alicyclic amines) is 1. The summed E-state index contributed by atoms with van der Waals surface area (Å²) in [5.74, 6) is 1.56. The Balaban J connectivity index is 1.38. The molecule has 2 aromatic rings. The molecule has 0 spiro atoms. The molecule has 1 atom stereocenters. The molecular weight excluding hydrogens is 298 g/mol. The van der Waals surface area contributed by atoms with Gasteiger partial charge in [0.25, 0.3) is 0 Å². The van der Waals surface area contributed by atoms with E-state index in [1.807, 2.05) is 4.52 Å². The van der Waals surface area contributed by atoms with E-state index >= 15 is 0 Å². The number of fused-ring (bicyclic) bond motifs is 1. The fourth-order valence-electron chi connectivity index (χ4n) is 4.53. The third-order valence-electron chi connectivity index (χ3n) is 6.21. The van der Waals surface area contributed by atoms with Crippen molar-refractivity contribution < 1.29 is 0 Å². The van der Waals surface area contributed by atoms with Crippen LogP contribution in [0.2, 0.25) is 0 Å². The summed E-state index contributed by atoms with van der Waals surface area (Å²) in [4.78, 5) is 10.00. The Kier molecular flexibility index (Phi) is 3.69. The number of hydrogen-bond acceptors (Lipinski definition) is 4. The predicted molar refractivity (Wildman–Crippen MR) is 95.6 cm³/mol. The Hall–Kier alpha value is -1.62. The van der Waals surface area contributed by atoms with Crippen LogP contribution in [0.15, 0.2) is 18.3 Å². The first kappa shape index (κ1) is 14.7. The topological polar surface area (TPSA) is 36.7 Å². The average molecular weight is 325 g/mol. The maximum Gasteiger partial charge on any atom is 0.156 e. The lowest BCUT2D eigenvalue weighted by Gasteiger charge is -2.41. The fourth-order valence-corrected chi connectivity index (χ4v) is 4.53. The van der Waals surface area contributed by atoms with Crippen molar-refractivity contribution in [2.45, 2.75) is 56.9 Å². The number of hydrogen-bond donors (Lipinski definition) is 0. The lowest BCUT2D eigenvalue weighted by atomic mass is 9.87. The predicted octanol–water partition coefficient (Wildman–Crippen LogP) is 3.06. The van der Waals surface area contributed by atoms with E-state index < -0.39 is 0 Å². The Labute approximate surface area is 143 Å². The zero-order chi connectivity index (χ0) is 15.9. The largest absolute Gasteiger partial charge is 0.370 e. The molecule has 1 saturated carbocycles. The van der Waals surface area contributed by atoms with E-state index in [1.165, 1.54) is 70.3 Å². The molecule has 0 amide bonds. The normalized spacial score (nSPS) is 26.2. The van der Waals surface area contributed by atoms with Gasteiger partial charge in [0.15, 0.2) is 11.5 Å². The molecule has 1 unspecified atom stereocenters. The van der Waals surface area contributed by atoms with E-state index in [9.17, 15) is 0 Å². The van der Waals surface area contributed by atoms with E-state index in [0.717, 1.165) is 24.1 Å². The minimum atomic E-state index is 0.509. The molecule has 0 aromatic carbocycles. The highest BCUT2D eigenvalue weighted by Crippen LogP contribution is 2.32. The van der Waals surface area contributed by atoms with Crippen LogP contribution in [0.4, 0.5) is 5.69 Å². The summed E-state index contributed by atoms with van der Waals surface area (Å²) in [7, 11) is 0. The van der Waals surface area contributed by atoms with Gasteiger partial charge in [-0.1, -0.05) is 6.42 Å². The average Bonchev–Trinajstić information content (AvgIpc) is 3.22. The lowest BCUT2D eigenvalue weighted by molar-refractivity contribution is 0.0929. The third kappa shape index (κ3) is 2.59. The summed E-state index contributed by atoms with van der Waals surface area (Å²) < 4.78 is 2.01. The summed E-state index contributed by atoms with van der Waals surface area (Å²) in [6.45, 7) is 4.77. The minimum Gasteiger partial charge on any atom is -0.370 e. The van der Waals surface area contributed by atoms with Gasteiger partial charge in [-0.15, -0.1) is 0 Å². The maximum atomic E-state index is 4.86. The van der Waals surface area contributed by atoms with E-state index in [4.69, 9.17) is 10.1 Å². The van der Waals surface area contributed by atoms with Crippen LogP contribution in [0.1, 0.15) is 56.7 Å².